The first-order valence-corrected chi connectivity index (χ1v) is 7.90. The molecule has 0 saturated carbocycles. The van der Waals surface area contributed by atoms with E-state index in [0.29, 0.717) is 36.4 Å². The zero-order chi connectivity index (χ0) is 15.6. The first-order chi connectivity index (χ1) is 9.84. The van der Waals surface area contributed by atoms with E-state index in [-0.39, 0.29) is 11.6 Å². The van der Waals surface area contributed by atoms with Crippen molar-refractivity contribution >= 4 is 23.4 Å². The Morgan fingerprint density at radius 2 is 2.05 bits per heavy atom. The standard InChI is InChI=1S/C14H18N2O4S/c1-14(18)5-7-15(8-6-14)13(17)10-3-4-12(21-2)11(9-10)16(19)20/h3-4,9,18H,5-8H2,1-2H3. The summed E-state index contributed by atoms with van der Waals surface area (Å²) in [5.41, 5.74) is -0.454. The highest BCUT2D eigenvalue weighted by molar-refractivity contribution is 7.98. The summed E-state index contributed by atoms with van der Waals surface area (Å²) in [5.74, 6) is -0.221. The molecule has 0 aromatic heterocycles. The largest absolute Gasteiger partial charge is 0.390 e. The summed E-state index contributed by atoms with van der Waals surface area (Å²) in [4.78, 5) is 25.2. The van der Waals surface area contributed by atoms with Crippen LogP contribution in [0.3, 0.4) is 0 Å². The lowest BCUT2D eigenvalue weighted by molar-refractivity contribution is -0.387. The molecule has 2 rings (SSSR count). The van der Waals surface area contributed by atoms with Crippen LogP contribution in [0.2, 0.25) is 0 Å². The SMILES string of the molecule is CSc1ccc(C(=O)N2CCC(C)(O)CC2)cc1[N+](=O)[O-]. The van der Waals surface area contributed by atoms with Crippen LogP contribution in [0, 0.1) is 10.1 Å². The third kappa shape index (κ3) is 3.54. The topological polar surface area (TPSA) is 83.7 Å². The first kappa shape index (κ1) is 15.8. The van der Waals surface area contributed by atoms with Crippen LogP contribution in [0.25, 0.3) is 0 Å². The first-order valence-electron chi connectivity index (χ1n) is 6.68. The number of benzene rings is 1. The van der Waals surface area contributed by atoms with Gasteiger partial charge >= 0.3 is 0 Å². The van der Waals surface area contributed by atoms with Crippen LogP contribution in [-0.4, -0.2) is 45.8 Å². The highest BCUT2D eigenvalue weighted by atomic mass is 32.2. The minimum atomic E-state index is -0.731. The second-order valence-corrected chi connectivity index (χ2v) is 6.28. The van der Waals surface area contributed by atoms with Crippen LogP contribution in [0.1, 0.15) is 30.1 Å². The Kier molecular flexibility index (Phi) is 4.53. The van der Waals surface area contributed by atoms with Crippen molar-refractivity contribution in [3.8, 4) is 0 Å². The molecule has 1 aromatic rings. The number of likely N-dealkylation sites (tertiary alicyclic amines) is 1. The van der Waals surface area contributed by atoms with Gasteiger partial charge in [-0.05, 0) is 38.2 Å². The van der Waals surface area contributed by atoms with Gasteiger partial charge in [0.2, 0.25) is 0 Å². The molecule has 114 valence electrons. The number of hydrogen-bond acceptors (Lipinski definition) is 5. The number of carbonyl (C=O) groups excluding carboxylic acids is 1. The van der Waals surface area contributed by atoms with Crippen LogP contribution < -0.4 is 0 Å². The molecule has 0 spiro atoms. The maximum atomic E-state index is 12.4. The molecule has 0 aliphatic carbocycles. The lowest BCUT2D eigenvalue weighted by Crippen LogP contribution is -2.45. The molecule has 1 saturated heterocycles. The Balaban J connectivity index is 2.20. The molecule has 0 atom stereocenters. The lowest BCUT2D eigenvalue weighted by atomic mass is 9.93. The van der Waals surface area contributed by atoms with E-state index in [0.717, 1.165) is 0 Å². The number of piperidine rings is 1. The van der Waals surface area contributed by atoms with Crippen molar-refractivity contribution in [2.75, 3.05) is 19.3 Å². The summed E-state index contributed by atoms with van der Waals surface area (Å²) in [6, 6.07) is 4.56. The summed E-state index contributed by atoms with van der Waals surface area (Å²) in [6.07, 6.45) is 2.80. The Morgan fingerprint density at radius 1 is 1.43 bits per heavy atom. The predicted molar refractivity (Wildman–Crippen MR) is 80.6 cm³/mol. The smallest absolute Gasteiger partial charge is 0.283 e. The van der Waals surface area contributed by atoms with Crippen molar-refractivity contribution < 1.29 is 14.8 Å². The average molecular weight is 310 g/mol. The zero-order valence-corrected chi connectivity index (χ0v) is 12.9. The Hall–Kier alpha value is -1.60. The van der Waals surface area contributed by atoms with E-state index in [2.05, 4.69) is 0 Å². The number of nitrogens with zero attached hydrogens (tertiary/aromatic N) is 2. The zero-order valence-electron chi connectivity index (χ0n) is 12.0. The number of amides is 1. The quantitative estimate of drug-likeness (QED) is 0.526. The van der Waals surface area contributed by atoms with Gasteiger partial charge in [-0.2, -0.15) is 0 Å². The Bertz CT molecular complexity index is 564. The number of aliphatic hydroxyl groups is 1. The second-order valence-electron chi connectivity index (χ2n) is 5.43. The number of nitro groups is 1. The lowest BCUT2D eigenvalue weighted by Gasteiger charge is -2.35. The minimum absolute atomic E-state index is 0.0441. The number of nitro benzene ring substituents is 1. The van der Waals surface area contributed by atoms with E-state index >= 15 is 0 Å². The molecule has 0 radical (unpaired) electrons. The van der Waals surface area contributed by atoms with E-state index in [4.69, 9.17) is 0 Å². The summed E-state index contributed by atoms with van der Waals surface area (Å²) in [5, 5.41) is 21.0. The van der Waals surface area contributed by atoms with Crippen molar-refractivity contribution in [1.29, 1.82) is 0 Å². The van der Waals surface area contributed by atoms with Gasteiger partial charge in [-0.3, -0.25) is 14.9 Å². The maximum Gasteiger partial charge on any atom is 0.283 e. The number of rotatable bonds is 3. The van der Waals surface area contributed by atoms with Crippen molar-refractivity contribution in [1.82, 2.24) is 4.90 Å². The van der Waals surface area contributed by atoms with Crippen LogP contribution in [0.5, 0.6) is 0 Å². The van der Waals surface area contributed by atoms with Gasteiger partial charge in [0.25, 0.3) is 11.6 Å². The molecule has 1 amide bonds. The highest BCUT2D eigenvalue weighted by Gasteiger charge is 2.30. The van der Waals surface area contributed by atoms with Crippen molar-refractivity contribution in [2.45, 2.75) is 30.3 Å². The molecule has 1 fully saturated rings. The van der Waals surface area contributed by atoms with E-state index in [1.54, 1.807) is 30.2 Å². The van der Waals surface area contributed by atoms with E-state index in [9.17, 15) is 20.0 Å². The number of carbonyl (C=O) groups is 1. The van der Waals surface area contributed by atoms with Gasteiger partial charge in [0.1, 0.15) is 0 Å². The summed E-state index contributed by atoms with van der Waals surface area (Å²) in [6.45, 7) is 2.68. The molecule has 1 N–H and O–H groups in total. The monoisotopic (exact) mass is 310 g/mol. The van der Waals surface area contributed by atoms with Gasteiger partial charge in [-0.25, -0.2) is 0 Å². The fourth-order valence-corrected chi connectivity index (χ4v) is 2.89. The molecule has 1 aromatic carbocycles. The van der Waals surface area contributed by atoms with Gasteiger partial charge in [0.05, 0.1) is 15.4 Å². The molecule has 7 heteroatoms. The van der Waals surface area contributed by atoms with E-state index in [1.165, 1.54) is 17.8 Å². The highest BCUT2D eigenvalue weighted by Crippen LogP contribution is 2.29. The van der Waals surface area contributed by atoms with Gasteiger partial charge in [0.15, 0.2) is 0 Å². The Morgan fingerprint density at radius 3 is 2.57 bits per heavy atom. The molecule has 21 heavy (non-hydrogen) atoms. The summed E-state index contributed by atoms with van der Waals surface area (Å²) < 4.78 is 0. The Labute approximate surface area is 127 Å². The van der Waals surface area contributed by atoms with E-state index < -0.39 is 10.5 Å². The second kappa shape index (κ2) is 6.03. The van der Waals surface area contributed by atoms with Gasteiger partial charge < -0.3 is 10.0 Å². The maximum absolute atomic E-state index is 12.4. The van der Waals surface area contributed by atoms with Crippen molar-refractivity contribution in [2.24, 2.45) is 0 Å². The molecular formula is C14H18N2O4S. The average Bonchev–Trinajstić information content (AvgIpc) is 2.45. The van der Waals surface area contributed by atoms with Gasteiger partial charge in [-0.1, -0.05) is 0 Å². The molecule has 0 bridgehead atoms. The third-order valence-electron chi connectivity index (χ3n) is 3.75. The normalized spacial score (nSPS) is 17.6. The van der Waals surface area contributed by atoms with Gasteiger partial charge in [-0.15, -0.1) is 11.8 Å². The van der Waals surface area contributed by atoms with Crippen LogP contribution in [0.15, 0.2) is 23.1 Å². The number of thioether (sulfide) groups is 1. The predicted octanol–water partition coefficient (Wildman–Crippen LogP) is 2.30. The molecule has 0 unspecified atom stereocenters. The fraction of sp³-hybridized carbons (Fsp3) is 0.500. The van der Waals surface area contributed by atoms with Crippen LogP contribution >= 0.6 is 11.8 Å². The molecule has 1 aliphatic heterocycles. The van der Waals surface area contributed by atoms with Crippen LogP contribution in [-0.2, 0) is 0 Å². The third-order valence-corrected chi connectivity index (χ3v) is 4.54. The summed E-state index contributed by atoms with van der Waals surface area (Å²) in [7, 11) is 0. The summed E-state index contributed by atoms with van der Waals surface area (Å²) >= 11 is 1.28. The van der Waals surface area contributed by atoms with Crippen LogP contribution in [0.4, 0.5) is 5.69 Å². The van der Waals surface area contributed by atoms with Crippen molar-refractivity contribution in [3.05, 3.63) is 33.9 Å². The van der Waals surface area contributed by atoms with Gasteiger partial charge in [0, 0.05) is 24.7 Å². The molecule has 6 nitrogen and oxygen atoms in total. The van der Waals surface area contributed by atoms with E-state index in [1.807, 2.05) is 0 Å². The molecule has 1 aliphatic rings. The number of hydrogen-bond donors (Lipinski definition) is 1. The fourth-order valence-electron chi connectivity index (χ4n) is 2.34. The van der Waals surface area contributed by atoms with Crippen molar-refractivity contribution in [3.63, 3.8) is 0 Å². The minimum Gasteiger partial charge on any atom is -0.390 e. The molecular weight excluding hydrogens is 292 g/mol. The molecule has 1 heterocycles.